The number of hydrogen-bond acceptors (Lipinski definition) is 13. The predicted octanol–water partition coefficient (Wildman–Crippen LogP) is 5.24. The van der Waals surface area contributed by atoms with Crippen LogP contribution in [-0.2, 0) is 36.7 Å². The molecule has 2 N–H and O–H groups in total. The van der Waals surface area contributed by atoms with E-state index in [4.69, 9.17) is 42.8 Å². The molecule has 0 aliphatic rings. The molecule has 0 aromatic carbocycles. The van der Waals surface area contributed by atoms with Gasteiger partial charge in [0.2, 0.25) is 17.7 Å². The van der Waals surface area contributed by atoms with Crippen LogP contribution < -0.4 is 15.2 Å². The average Bonchev–Trinajstić information content (AvgIpc) is 2.73. The molecule has 0 aliphatic heterocycles. The van der Waals surface area contributed by atoms with E-state index in [2.05, 4.69) is 9.97 Å². The van der Waals surface area contributed by atoms with Crippen molar-refractivity contribution in [2.24, 2.45) is 0 Å². The molecule has 0 unspecified atom stereocenters. The van der Waals surface area contributed by atoms with Crippen LogP contribution in [0.4, 0.5) is 5.95 Å². The second kappa shape index (κ2) is 16.7. The van der Waals surface area contributed by atoms with Crippen molar-refractivity contribution >= 4 is 21.1 Å². The van der Waals surface area contributed by atoms with Crippen molar-refractivity contribution in [3.63, 3.8) is 0 Å². The molecule has 0 fully saturated rings. The monoisotopic (exact) mass is 585 g/mol. The van der Waals surface area contributed by atoms with E-state index in [1.165, 1.54) is 6.07 Å². The summed E-state index contributed by atoms with van der Waals surface area (Å²) in [5.41, 5.74) is 5.77. The van der Waals surface area contributed by atoms with E-state index in [0.717, 1.165) is 0 Å². The summed E-state index contributed by atoms with van der Waals surface area (Å²) in [6.07, 6.45) is -2.00. The molecule has 1 atom stereocenters. The van der Waals surface area contributed by atoms with Gasteiger partial charge in [-0.25, -0.2) is 0 Å². The largest absolute Gasteiger partial charge is 0.475 e. The van der Waals surface area contributed by atoms with Crippen molar-refractivity contribution in [1.82, 2.24) is 9.97 Å². The summed E-state index contributed by atoms with van der Waals surface area (Å²) in [6, 6.07) is 1.46. The Hall–Kier alpha value is -1.30. The molecule has 222 valence electrons. The van der Waals surface area contributed by atoms with Gasteiger partial charge < -0.3 is 42.8 Å². The van der Waals surface area contributed by atoms with Crippen molar-refractivity contribution in [3.8, 4) is 11.8 Å². The lowest BCUT2D eigenvalue weighted by Gasteiger charge is -2.24. The first kappa shape index (κ1) is 34.7. The van der Waals surface area contributed by atoms with Gasteiger partial charge in [-0.3, -0.25) is 9.13 Å². The smallest absolute Gasteiger partial charge is 0.356 e. The van der Waals surface area contributed by atoms with Crippen LogP contribution in [0.5, 0.6) is 11.8 Å². The minimum atomic E-state index is -3.43. The van der Waals surface area contributed by atoms with Gasteiger partial charge in [-0.2, -0.15) is 9.97 Å². The standard InChI is InChI=1S/C23H45N3O10P2/c1-16(2)33-37(27,34-17(3)4)14-29-10-11-30-21-12-22(26-23(24)25-21)31-13-20(9)32-15-38(28,35-18(5)6)36-19(7)8/h12,16-20H,10-11,13-15H2,1-9H3,(H2,24,25,26)/t20-/m0/s1. The van der Waals surface area contributed by atoms with E-state index < -0.39 is 21.3 Å². The molecular formula is C23H45N3O10P2. The number of aromatic nitrogens is 2. The summed E-state index contributed by atoms with van der Waals surface area (Å²) in [5, 5.41) is 0. The summed E-state index contributed by atoms with van der Waals surface area (Å²) in [5.74, 6) is 0.293. The maximum absolute atomic E-state index is 12.9. The van der Waals surface area contributed by atoms with E-state index in [1.807, 2.05) is 0 Å². The zero-order valence-electron chi connectivity index (χ0n) is 23.9. The number of ether oxygens (including phenoxy) is 4. The first-order valence-corrected chi connectivity index (χ1v) is 16.1. The Balaban J connectivity index is 2.56. The van der Waals surface area contributed by atoms with Crippen molar-refractivity contribution in [3.05, 3.63) is 6.07 Å². The highest BCUT2D eigenvalue weighted by Gasteiger charge is 2.29. The van der Waals surface area contributed by atoms with Crippen LogP contribution in [0.2, 0.25) is 0 Å². The first-order valence-electron chi connectivity index (χ1n) is 12.6. The van der Waals surface area contributed by atoms with Gasteiger partial charge >= 0.3 is 15.2 Å². The summed E-state index contributed by atoms with van der Waals surface area (Å²) in [7, 11) is -6.83. The average molecular weight is 586 g/mol. The van der Waals surface area contributed by atoms with E-state index in [1.54, 1.807) is 62.3 Å². The fourth-order valence-corrected chi connectivity index (χ4v) is 6.58. The van der Waals surface area contributed by atoms with Crippen molar-refractivity contribution in [2.45, 2.75) is 92.8 Å². The minimum Gasteiger partial charge on any atom is -0.475 e. The third-order valence-corrected chi connectivity index (χ3v) is 7.83. The fraction of sp³-hybridized carbons (Fsp3) is 0.826. The Morgan fingerprint density at radius 3 is 1.63 bits per heavy atom. The molecule has 0 saturated heterocycles. The van der Waals surface area contributed by atoms with Crippen LogP contribution in [-0.4, -0.2) is 73.0 Å². The number of nitrogens with zero attached hydrogens (tertiary/aromatic N) is 2. The molecule has 13 nitrogen and oxygen atoms in total. The van der Waals surface area contributed by atoms with Crippen LogP contribution in [0.15, 0.2) is 6.07 Å². The Bertz CT molecular complexity index is 889. The summed E-state index contributed by atoms with van der Waals surface area (Å²) in [6.45, 7) is 16.2. The van der Waals surface area contributed by atoms with E-state index in [9.17, 15) is 9.13 Å². The molecule has 0 saturated carbocycles. The van der Waals surface area contributed by atoms with Crippen molar-refractivity contribution in [1.29, 1.82) is 0 Å². The number of nitrogen functional groups attached to an aromatic ring is 1. The normalized spacial score (nSPS) is 13.6. The molecular weight excluding hydrogens is 540 g/mol. The van der Waals surface area contributed by atoms with E-state index in [-0.39, 0.29) is 74.6 Å². The Morgan fingerprint density at radius 2 is 1.16 bits per heavy atom. The van der Waals surface area contributed by atoms with Gasteiger partial charge in [0.25, 0.3) is 0 Å². The van der Waals surface area contributed by atoms with Crippen LogP contribution >= 0.6 is 15.2 Å². The van der Waals surface area contributed by atoms with Crippen LogP contribution in [0.25, 0.3) is 0 Å². The van der Waals surface area contributed by atoms with Gasteiger partial charge in [0, 0.05) is 0 Å². The van der Waals surface area contributed by atoms with Gasteiger partial charge in [0.1, 0.15) is 25.9 Å². The highest BCUT2D eigenvalue weighted by atomic mass is 31.2. The maximum atomic E-state index is 12.9. The highest BCUT2D eigenvalue weighted by Crippen LogP contribution is 2.51. The highest BCUT2D eigenvalue weighted by molar-refractivity contribution is 7.53. The second-order valence-corrected chi connectivity index (χ2v) is 13.3. The van der Waals surface area contributed by atoms with E-state index in [0.29, 0.717) is 0 Å². The molecule has 1 heterocycles. The quantitative estimate of drug-likeness (QED) is 0.156. The molecule has 0 bridgehead atoms. The summed E-state index contributed by atoms with van der Waals surface area (Å²) >= 11 is 0. The lowest BCUT2D eigenvalue weighted by molar-refractivity contribution is 0.0356. The van der Waals surface area contributed by atoms with Gasteiger partial charge in [0.15, 0.2) is 0 Å². The Morgan fingerprint density at radius 1 is 0.711 bits per heavy atom. The fourth-order valence-electron chi connectivity index (χ4n) is 2.88. The van der Waals surface area contributed by atoms with Crippen molar-refractivity contribution in [2.75, 3.05) is 38.3 Å². The number of rotatable bonds is 20. The van der Waals surface area contributed by atoms with Gasteiger partial charge in [-0.15, -0.1) is 0 Å². The Labute approximate surface area is 226 Å². The van der Waals surface area contributed by atoms with Gasteiger partial charge in [-0.05, 0) is 62.3 Å². The molecule has 15 heteroatoms. The van der Waals surface area contributed by atoms with Crippen LogP contribution in [0, 0.1) is 0 Å². The molecule has 0 aliphatic carbocycles. The topological polar surface area (TPSA) is 160 Å². The zero-order chi connectivity index (χ0) is 28.9. The first-order chi connectivity index (χ1) is 17.6. The summed E-state index contributed by atoms with van der Waals surface area (Å²) < 4.78 is 69.8. The molecule has 38 heavy (non-hydrogen) atoms. The molecule has 0 radical (unpaired) electrons. The number of anilines is 1. The van der Waals surface area contributed by atoms with Crippen LogP contribution in [0.1, 0.15) is 62.3 Å². The zero-order valence-corrected chi connectivity index (χ0v) is 25.7. The molecule has 0 spiro atoms. The SMILES string of the molecule is CC(C)OP(=O)(COCCOc1cc(OC[C@H](C)OCP(=O)(OC(C)C)OC(C)C)nc(N)n1)OC(C)C. The van der Waals surface area contributed by atoms with Gasteiger partial charge in [-0.1, -0.05) is 0 Å². The van der Waals surface area contributed by atoms with E-state index >= 15 is 0 Å². The maximum Gasteiger partial charge on any atom is 0.356 e. The Kier molecular flexibility index (Phi) is 15.3. The lowest BCUT2D eigenvalue weighted by atomic mass is 10.4. The molecule has 1 rings (SSSR count). The third kappa shape index (κ3) is 15.3. The molecule has 0 amide bonds. The molecule has 1 aromatic rings. The van der Waals surface area contributed by atoms with Crippen LogP contribution in [0.3, 0.4) is 0 Å². The molecule has 1 aromatic heterocycles. The summed E-state index contributed by atoms with van der Waals surface area (Å²) in [4.78, 5) is 8.04. The lowest BCUT2D eigenvalue weighted by Crippen LogP contribution is -2.21. The van der Waals surface area contributed by atoms with Crippen molar-refractivity contribution < 1.29 is 46.2 Å². The second-order valence-electron chi connectivity index (χ2n) is 9.54. The number of hydrogen-bond donors (Lipinski definition) is 1. The minimum absolute atomic E-state index is 0.0488. The predicted molar refractivity (Wildman–Crippen MR) is 144 cm³/mol. The third-order valence-electron chi connectivity index (χ3n) is 3.89. The van der Waals surface area contributed by atoms with Gasteiger partial charge in [0.05, 0.1) is 43.2 Å². The number of nitrogens with two attached hydrogens (primary N) is 1.